The SMILES string of the molecule is CCc1ccccc1NC(=O)N(CC(=O)N(Cc1cccn1C)CC(C)C)C1CC1. The minimum atomic E-state index is -0.185. The summed E-state index contributed by atoms with van der Waals surface area (Å²) in [5.41, 5.74) is 3.01. The Bertz CT molecular complexity index is 870. The molecule has 1 aromatic carbocycles. The third kappa shape index (κ3) is 5.65. The Morgan fingerprint density at radius 2 is 1.90 bits per heavy atom. The van der Waals surface area contributed by atoms with E-state index in [1.165, 1.54) is 0 Å². The van der Waals surface area contributed by atoms with E-state index in [4.69, 9.17) is 0 Å². The summed E-state index contributed by atoms with van der Waals surface area (Å²) in [5, 5.41) is 3.03. The number of aryl methyl sites for hydroxylation is 2. The third-order valence-corrected chi connectivity index (χ3v) is 5.54. The highest BCUT2D eigenvalue weighted by molar-refractivity contribution is 5.93. The normalized spacial score (nSPS) is 13.4. The number of amides is 3. The summed E-state index contributed by atoms with van der Waals surface area (Å²) in [5.74, 6) is 0.351. The van der Waals surface area contributed by atoms with Gasteiger partial charge in [-0.15, -0.1) is 0 Å². The maximum atomic E-state index is 13.2. The zero-order valence-corrected chi connectivity index (χ0v) is 18.6. The lowest BCUT2D eigenvalue weighted by Crippen LogP contribution is -2.46. The number of hydrogen-bond acceptors (Lipinski definition) is 2. The van der Waals surface area contributed by atoms with Gasteiger partial charge in [-0.05, 0) is 48.9 Å². The summed E-state index contributed by atoms with van der Waals surface area (Å²) in [6.45, 7) is 7.63. The number of nitrogens with zero attached hydrogens (tertiary/aromatic N) is 3. The number of urea groups is 1. The van der Waals surface area contributed by atoms with Gasteiger partial charge in [0.2, 0.25) is 5.91 Å². The molecule has 6 nitrogen and oxygen atoms in total. The third-order valence-electron chi connectivity index (χ3n) is 5.54. The molecule has 1 N–H and O–H groups in total. The monoisotopic (exact) mass is 410 g/mol. The molecule has 0 aliphatic heterocycles. The van der Waals surface area contributed by atoms with E-state index in [1.807, 2.05) is 59.1 Å². The molecule has 1 heterocycles. The van der Waals surface area contributed by atoms with E-state index in [0.29, 0.717) is 19.0 Å². The molecule has 0 saturated heterocycles. The van der Waals surface area contributed by atoms with Gasteiger partial charge in [-0.25, -0.2) is 4.79 Å². The van der Waals surface area contributed by atoms with Gasteiger partial charge in [0.1, 0.15) is 6.54 Å². The van der Waals surface area contributed by atoms with E-state index in [0.717, 1.165) is 36.2 Å². The summed E-state index contributed by atoms with van der Waals surface area (Å²) in [6, 6.07) is 11.8. The molecular weight excluding hydrogens is 376 g/mol. The first-order valence-electron chi connectivity index (χ1n) is 10.9. The summed E-state index contributed by atoms with van der Waals surface area (Å²) in [6.07, 6.45) is 4.75. The highest BCUT2D eigenvalue weighted by Crippen LogP contribution is 2.28. The molecule has 0 bridgehead atoms. The molecule has 0 atom stereocenters. The maximum Gasteiger partial charge on any atom is 0.322 e. The Balaban J connectivity index is 1.71. The molecule has 6 heteroatoms. The number of benzene rings is 1. The first-order chi connectivity index (χ1) is 14.4. The number of para-hydroxylation sites is 1. The number of nitrogens with one attached hydrogen (secondary N) is 1. The molecular formula is C24H34N4O2. The van der Waals surface area contributed by atoms with Gasteiger partial charge in [-0.3, -0.25) is 4.79 Å². The second-order valence-corrected chi connectivity index (χ2v) is 8.58. The Labute approximate surface area is 179 Å². The highest BCUT2D eigenvalue weighted by Gasteiger charge is 2.35. The van der Waals surface area contributed by atoms with Crippen molar-refractivity contribution in [1.29, 1.82) is 0 Å². The summed E-state index contributed by atoms with van der Waals surface area (Å²) < 4.78 is 2.04. The highest BCUT2D eigenvalue weighted by atomic mass is 16.2. The van der Waals surface area contributed by atoms with E-state index in [9.17, 15) is 9.59 Å². The smallest absolute Gasteiger partial charge is 0.322 e. The van der Waals surface area contributed by atoms with Crippen molar-refractivity contribution in [2.75, 3.05) is 18.4 Å². The van der Waals surface area contributed by atoms with E-state index in [-0.39, 0.29) is 24.5 Å². The summed E-state index contributed by atoms with van der Waals surface area (Å²) >= 11 is 0. The predicted octanol–water partition coefficient (Wildman–Crippen LogP) is 4.27. The van der Waals surface area contributed by atoms with Gasteiger partial charge in [0, 0.05) is 37.2 Å². The van der Waals surface area contributed by atoms with Crippen LogP contribution in [0.25, 0.3) is 0 Å². The first kappa shape index (κ1) is 21.9. The van der Waals surface area contributed by atoms with Crippen LogP contribution in [-0.4, -0.2) is 45.4 Å². The molecule has 3 amide bonds. The van der Waals surface area contributed by atoms with Crippen LogP contribution in [-0.2, 0) is 24.8 Å². The second kappa shape index (κ2) is 9.83. The van der Waals surface area contributed by atoms with Crippen molar-refractivity contribution in [1.82, 2.24) is 14.4 Å². The topological polar surface area (TPSA) is 57.6 Å². The van der Waals surface area contributed by atoms with E-state index in [1.54, 1.807) is 4.90 Å². The molecule has 1 fully saturated rings. The predicted molar refractivity (Wildman–Crippen MR) is 120 cm³/mol. The van der Waals surface area contributed by atoms with Crippen LogP contribution in [0.1, 0.15) is 44.9 Å². The fourth-order valence-electron chi connectivity index (χ4n) is 3.69. The number of aromatic nitrogens is 1. The van der Waals surface area contributed by atoms with Gasteiger partial charge in [-0.2, -0.15) is 0 Å². The van der Waals surface area contributed by atoms with Gasteiger partial charge in [0.25, 0.3) is 0 Å². The van der Waals surface area contributed by atoms with E-state index < -0.39 is 0 Å². The molecule has 30 heavy (non-hydrogen) atoms. The van der Waals surface area contributed by atoms with Crippen molar-refractivity contribution in [3.05, 3.63) is 53.9 Å². The van der Waals surface area contributed by atoms with E-state index in [2.05, 4.69) is 26.1 Å². The van der Waals surface area contributed by atoms with Crippen molar-refractivity contribution >= 4 is 17.6 Å². The Morgan fingerprint density at radius 1 is 1.17 bits per heavy atom. The summed E-state index contributed by atoms with van der Waals surface area (Å²) in [7, 11) is 1.99. The number of carbonyl (C=O) groups excluding carboxylic acids is 2. The lowest BCUT2D eigenvalue weighted by Gasteiger charge is -2.29. The van der Waals surface area contributed by atoms with Gasteiger partial charge in [0.05, 0.1) is 6.54 Å². The molecule has 3 rings (SSSR count). The zero-order valence-electron chi connectivity index (χ0n) is 18.6. The minimum absolute atomic E-state index is 0.00396. The van der Waals surface area contributed by atoms with Gasteiger partial charge in [0.15, 0.2) is 0 Å². The molecule has 1 aliphatic carbocycles. The van der Waals surface area contributed by atoms with Gasteiger partial charge in [-0.1, -0.05) is 39.0 Å². The van der Waals surface area contributed by atoms with Crippen molar-refractivity contribution < 1.29 is 9.59 Å². The van der Waals surface area contributed by atoms with Crippen LogP contribution in [0, 0.1) is 5.92 Å². The van der Waals surface area contributed by atoms with Crippen molar-refractivity contribution in [2.45, 2.75) is 52.6 Å². The van der Waals surface area contributed by atoms with Gasteiger partial charge < -0.3 is 19.7 Å². The number of hydrogen-bond donors (Lipinski definition) is 1. The van der Waals surface area contributed by atoms with Crippen molar-refractivity contribution in [3.63, 3.8) is 0 Å². The minimum Gasteiger partial charge on any atom is -0.353 e. The first-order valence-corrected chi connectivity index (χ1v) is 10.9. The van der Waals surface area contributed by atoms with Gasteiger partial charge >= 0.3 is 6.03 Å². The van der Waals surface area contributed by atoms with Crippen LogP contribution in [0.15, 0.2) is 42.6 Å². The van der Waals surface area contributed by atoms with Crippen LogP contribution < -0.4 is 5.32 Å². The van der Waals surface area contributed by atoms with Crippen molar-refractivity contribution in [2.24, 2.45) is 13.0 Å². The quantitative estimate of drug-likeness (QED) is 0.671. The Hall–Kier alpha value is -2.76. The molecule has 0 spiro atoms. The molecule has 0 radical (unpaired) electrons. The molecule has 2 aromatic rings. The van der Waals surface area contributed by atoms with Crippen LogP contribution in [0.5, 0.6) is 0 Å². The molecule has 1 aromatic heterocycles. The Morgan fingerprint density at radius 3 is 2.50 bits per heavy atom. The molecule has 1 aliphatic rings. The fourth-order valence-corrected chi connectivity index (χ4v) is 3.69. The summed E-state index contributed by atoms with van der Waals surface area (Å²) in [4.78, 5) is 29.9. The van der Waals surface area contributed by atoms with Crippen molar-refractivity contribution in [3.8, 4) is 0 Å². The largest absolute Gasteiger partial charge is 0.353 e. The average Bonchev–Trinajstić information content (AvgIpc) is 3.48. The van der Waals surface area contributed by atoms with Crippen LogP contribution in [0.2, 0.25) is 0 Å². The standard InChI is InChI=1S/C24H34N4O2/c1-5-19-9-6-7-11-22(19)25-24(30)28(20-12-13-20)17-23(29)27(15-18(2)3)16-21-10-8-14-26(21)4/h6-11,14,18,20H,5,12-13,15-17H2,1-4H3,(H,25,30). The maximum absolute atomic E-state index is 13.2. The lowest BCUT2D eigenvalue weighted by molar-refractivity contribution is -0.133. The number of carbonyl (C=O) groups is 2. The fraction of sp³-hybridized carbons (Fsp3) is 0.500. The average molecular weight is 411 g/mol. The number of anilines is 1. The Kier molecular flexibility index (Phi) is 7.19. The van der Waals surface area contributed by atoms with Crippen LogP contribution in [0.4, 0.5) is 10.5 Å². The zero-order chi connectivity index (χ0) is 21.7. The molecule has 162 valence electrons. The molecule has 0 unspecified atom stereocenters. The van der Waals surface area contributed by atoms with Crippen LogP contribution in [0.3, 0.4) is 0 Å². The number of rotatable bonds is 9. The lowest BCUT2D eigenvalue weighted by atomic mass is 10.1. The van der Waals surface area contributed by atoms with E-state index >= 15 is 0 Å². The second-order valence-electron chi connectivity index (χ2n) is 8.58. The van der Waals surface area contributed by atoms with Crippen LogP contribution >= 0.6 is 0 Å². The molecule has 1 saturated carbocycles.